The van der Waals surface area contributed by atoms with E-state index in [4.69, 9.17) is 4.74 Å². The molecule has 1 rings (SSSR count). The van der Waals surface area contributed by atoms with Crippen LogP contribution in [-0.4, -0.2) is 62.7 Å². The summed E-state index contributed by atoms with van der Waals surface area (Å²) in [5.74, 6) is 0. The fourth-order valence-corrected chi connectivity index (χ4v) is 1.54. The monoisotopic (exact) mass is 232 g/mol. The lowest BCUT2D eigenvalue weighted by atomic mass is 10.2. The highest BCUT2D eigenvalue weighted by Crippen LogP contribution is 2.15. The lowest BCUT2D eigenvalue weighted by Gasteiger charge is -2.39. The molecule has 1 heterocycles. The van der Waals surface area contributed by atoms with Crippen molar-refractivity contribution in [1.82, 2.24) is 10.0 Å². The number of amides is 2. The minimum absolute atomic E-state index is 0.0972. The van der Waals surface area contributed by atoms with Crippen LogP contribution in [0.1, 0.15) is 6.42 Å². The molecule has 1 fully saturated rings. The molecule has 7 nitrogen and oxygen atoms in total. The van der Waals surface area contributed by atoms with Crippen molar-refractivity contribution in [1.29, 1.82) is 0 Å². The molecule has 1 aliphatic heterocycles. The summed E-state index contributed by atoms with van der Waals surface area (Å²) < 4.78 is 14.3. The number of nitrogens with zero attached hydrogens (tertiary/aromatic N) is 2. The Labute approximate surface area is 93.8 Å². The molecule has 1 atom stereocenters. The van der Waals surface area contributed by atoms with Gasteiger partial charge < -0.3 is 14.2 Å². The molecule has 0 radical (unpaired) electrons. The minimum atomic E-state index is -0.604. The van der Waals surface area contributed by atoms with Crippen molar-refractivity contribution < 1.29 is 23.8 Å². The van der Waals surface area contributed by atoms with Crippen LogP contribution in [0.2, 0.25) is 0 Å². The average Bonchev–Trinajstić information content (AvgIpc) is 2.36. The van der Waals surface area contributed by atoms with E-state index in [0.29, 0.717) is 13.0 Å². The number of ether oxygens (including phenoxy) is 3. The van der Waals surface area contributed by atoms with Gasteiger partial charge in [-0.3, -0.25) is 0 Å². The molecule has 2 amide bonds. The van der Waals surface area contributed by atoms with Crippen LogP contribution in [0.25, 0.3) is 0 Å². The molecule has 0 N–H and O–H groups in total. The molecule has 0 unspecified atom stereocenters. The molecular formula is C9H16N2O5. The van der Waals surface area contributed by atoms with Gasteiger partial charge in [-0.15, -0.1) is 0 Å². The summed E-state index contributed by atoms with van der Waals surface area (Å²) in [7, 11) is 4.09. The molecule has 0 aliphatic carbocycles. The van der Waals surface area contributed by atoms with Gasteiger partial charge in [-0.05, 0) is 6.42 Å². The average molecular weight is 232 g/mol. The second kappa shape index (κ2) is 5.55. The Bertz CT molecular complexity index is 271. The smallest absolute Gasteiger partial charge is 0.428 e. The molecule has 1 saturated heterocycles. The summed E-state index contributed by atoms with van der Waals surface area (Å²) in [6.45, 7) is 0.637. The van der Waals surface area contributed by atoms with Crippen molar-refractivity contribution in [2.75, 3.05) is 34.4 Å². The van der Waals surface area contributed by atoms with Gasteiger partial charge >= 0.3 is 12.2 Å². The molecule has 16 heavy (non-hydrogen) atoms. The van der Waals surface area contributed by atoms with E-state index >= 15 is 0 Å². The van der Waals surface area contributed by atoms with Crippen LogP contribution in [0.5, 0.6) is 0 Å². The third-order valence-corrected chi connectivity index (χ3v) is 2.43. The van der Waals surface area contributed by atoms with E-state index in [9.17, 15) is 9.59 Å². The van der Waals surface area contributed by atoms with Crippen molar-refractivity contribution in [2.24, 2.45) is 0 Å². The van der Waals surface area contributed by atoms with E-state index in [-0.39, 0.29) is 12.6 Å². The Morgan fingerprint density at radius 1 is 1.06 bits per heavy atom. The first-order chi connectivity index (χ1) is 7.63. The fraction of sp³-hybridized carbons (Fsp3) is 0.778. The summed E-state index contributed by atoms with van der Waals surface area (Å²) in [4.78, 5) is 22.9. The van der Waals surface area contributed by atoms with Gasteiger partial charge in [0.15, 0.2) is 0 Å². The van der Waals surface area contributed by atoms with Gasteiger partial charge in [0.1, 0.15) is 0 Å². The lowest BCUT2D eigenvalue weighted by molar-refractivity contribution is -0.0748. The summed E-state index contributed by atoms with van der Waals surface area (Å²) in [5.41, 5.74) is 0. The van der Waals surface area contributed by atoms with Crippen LogP contribution in [0.3, 0.4) is 0 Å². The molecule has 0 spiro atoms. The van der Waals surface area contributed by atoms with E-state index < -0.39 is 12.2 Å². The van der Waals surface area contributed by atoms with E-state index in [1.807, 2.05) is 0 Å². The first kappa shape index (κ1) is 12.6. The molecule has 92 valence electrons. The van der Waals surface area contributed by atoms with Gasteiger partial charge in [-0.2, -0.15) is 0 Å². The molecule has 0 bridgehead atoms. The lowest BCUT2D eigenvalue weighted by Crippen LogP contribution is -2.57. The predicted molar refractivity (Wildman–Crippen MR) is 53.6 cm³/mol. The maximum absolute atomic E-state index is 11.5. The zero-order chi connectivity index (χ0) is 12.1. The van der Waals surface area contributed by atoms with Crippen LogP contribution in [0.15, 0.2) is 0 Å². The van der Waals surface area contributed by atoms with E-state index in [0.717, 1.165) is 0 Å². The number of hydrogen-bond donors (Lipinski definition) is 0. The number of hydrazine groups is 1. The third-order valence-electron chi connectivity index (χ3n) is 2.43. The first-order valence-electron chi connectivity index (χ1n) is 4.87. The van der Waals surface area contributed by atoms with Crippen LogP contribution in [0.4, 0.5) is 9.59 Å². The van der Waals surface area contributed by atoms with Crippen LogP contribution >= 0.6 is 0 Å². The molecule has 0 aromatic carbocycles. The second-order valence-electron chi connectivity index (χ2n) is 3.29. The first-order valence-corrected chi connectivity index (χ1v) is 4.87. The summed E-state index contributed by atoms with van der Waals surface area (Å²) >= 11 is 0. The number of carbonyl (C=O) groups excluding carboxylic acids is 2. The molecule has 0 saturated carbocycles. The minimum Gasteiger partial charge on any atom is -0.452 e. The Morgan fingerprint density at radius 2 is 1.62 bits per heavy atom. The molecule has 7 heteroatoms. The topological polar surface area (TPSA) is 68.3 Å². The maximum Gasteiger partial charge on any atom is 0.428 e. The zero-order valence-electron chi connectivity index (χ0n) is 9.63. The Hall–Kier alpha value is -1.50. The van der Waals surface area contributed by atoms with Gasteiger partial charge in [-0.25, -0.2) is 19.6 Å². The molecular weight excluding hydrogens is 216 g/mol. The van der Waals surface area contributed by atoms with Gasteiger partial charge in [0.25, 0.3) is 0 Å². The molecule has 0 aromatic heterocycles. The second-order valence-corrected chi connectivity index (χ2v) is 3.29. The van der Waals surface area contributed by atoms with Crippen molar-refractivity contribution >= 4 is 12.2 Å². The van der Waals surface area contributed by atoms with Crippen LogP contribution in [0, 0.1) is 0 Å². The SMILES string of the molecule is COC(=O)N1CC[C@H](OC)CN1C(=O)OC. The highest BCUT2D eigenvalue weighted by molar-refractivity contribution is 5.74. The standard InChI is InChI=1S/C9H16N2O5/c1-14-7-4-5-10(8(12)15-2)11(6-7)9(13)16-3/h7H,4-6H2,1-3H3/t7-/m0/s1. The number of rotatable bonds is 1. The van der Waals surface area contributed by atoms with Crippen molar-refractivity contribution in [2.45, 2.75) is 12.5 Å². The van der Waals surface area contributed by atoms with E-state index in [1.165, 1.54) is 24.2 Å². The van der Waals surface area contributed by atoms with E-state index in [2.05, 4.69) is 9.47 Å². The van der Waals surface area contributed by atoms with E-state index in [1.54, 1.807) is 7.11 Å². The van der Waals surface area contributed by atoms with Gasteiger partial charge in [-0.1, -0.05) is 0 Å². The van der Waals surface area contributed by atoms with Crippen molar-refractivity contribution in [3.63, 3.8) is 0 Å². The van der Waals surface area contributed by atoms with Crippen LogP contribution in [-0.2, 0) is 14.2 Å². The quantitative estimate of drug-likeness (QED) is 0.656. The Balaban J connectivity index is 2.75. The highest BCUT2D eigenvalue weighted by atomic mass is 16.6. The zero-order valence-corrected chi connectivity index (χ0v) is 9.63. The van der Waals surface area contributed by atoms with Crippen molar-refractivity contribution in [3.8, 4) is 0 Å². The Morgan fingerprint density at radius 3 is 2.12 bits per heavy atom. The third kappa shape index (κ3) is 2.54. The molecule has 1 aliphatic rings. The normalized spacial score (nSPS) is 20.6. The van der Waals surface area contributed by atoms with Gasteiger partial charge in [0, 0.05) is 13.7 Å². The highest BCUT2D eigenvalue weighted by Gasteiger charge is 2.34. The van der Waals surface area contributed by atoms with Crippen LogP contribution < -0.4 is 0 Å². The molecule has 0 aromatic rings. The van der Waals surface area contributed by atoms with Gasteiger partial charge in [0.05, 0.1) is 26.9 Å². The maximum atomic E-state index is 11.5. The number of hydrogen-bond acceptors (Lipinski definition) is 5. The van der Waals surface area contributed by atoms with Crippen molar-refractivity contribution in [3.05, 3.63) is 0 Å². The number of methoxy groups -OCH3 is 3. The predicted octanol–water partition coefficient (Wildman–Crippen LogP) is 0.457. The summed E-state index contributed by atoms with van der Waals surface area (Å²) in [6, 6.07) is 0. The summed E-state index contributed by atoms with van der Waals surface area (Å²) in [6.07, 6.45) is -0.633. The fourth-order valence-electron chi connectivity index (χ4n) is 1.54. The van der Waals surface area contributed by atoms with Gasteiger partial charge in [0.2, 0.25) is 0 Å². The Kier molecular flexibility index (Phi) is 4.36. The summed E-state index contributed by atoms with van der Waals surface area (Å²) in [5, 5.41) is 2.39. The largest absolute Gasteiger partial charge is 0.452 e. The number of carbonyl (C=O) groups is 2.